The quantitative estimate of drug-likeness (QED) is 0.380. The van der Waals surface area contributed by atoms with Crippen LogP contribution in [0.1, 0.15) is 0 Å². The summed E-state index contributed by atoms with van der Waals surface area (Å²) in [5.74, 6) is 0. The predicted octanol–water partition coefficient (Wildman–Crippen LogP) is 0.705. The zero-order chi connectivity index (χ0) is 0. The highest BCUT2D eigenvalue weighted by molar-refractivity contribution is 6.92. The molecule has 11 radical (unpaired) electrons. The third kappa shape index (κ3) is 35.0. The van der Waals surface area contributed by atoms with E-state index in [2.05, 4.69) is 0 Å². The van der Waals surface area contributed by atoms with Crippen molar-refractivity contribution in [1.82, 2.24) is 0 Å². The van der Waals surface area contributed by atoms with E-state index in [1.165, 1.54) is 0 Å². The van der Waals surface area contributed by atoms with E-state index in [9.17, 15) is 0 Å². The van der Waals surface area contributed by atoms with Gasteiger partial charge >= 0.3 is 0 Å². The lowest BCUT2D eigenvalue weighted by atomic mass is 12.0. The van der Waals surface area contributed by atoms with Gasteiger partial charge in [0.05, 0.1) is 0 Å². The molecule has 0 aliphatic carbocycles. The van der Waals surface area contributed by atoms with Gasteiger partial charge in [-0.05, 0) is 0 Å². The van der Waals surface area contributed by atoms with Crippen LogP contribution >= 0.6 is 9.90 Å². The van der Waals surface area contributed by atoms with Crippen LogP contribution in [0.25, 0.3) is 0 Å². The fraction of sp³-hybridized carbons (Fsp3) is 0. The molecule has 0 saturated carbocycles. The molecule has 0 heterocycles. The molecule has 0 spiro atoms. The largest absolute Gasteiger partial charge is 0 e. The summed E-state index contributed by atoms with van der Waals surface area (Å²) in [7, 11) is 0. The second kappa shape index (κ2) is 151. The summed E-state index contributed by atoms with van der Waals surface area (Å²) in [6.45, 7) is 0. The van der Waals surface area contributed by atoms with E-state index >= 15 is 0 Å². The lowest BCUT2D eigenvalue weighted by Gasteiger charge is -0.00100. The Bertz CT molecular complexity index is 6.00. The van der Waals surface area contributed by atoms with Crippen molar-refractivity contribution in [3.05, 3.63) is 7.43 Å². The molecule has 0 aliphatic heterocycles. The highest BCUT2D eigenvalue weighted by Crippen LogP contribution is 0.861. The Hall–Kier alpha value is 0.350. The fourth-order valence-electron chi connectivity index (χ4n) is 0. The van der Waals surface area contributed by atoms with E-state index in [0.29, 0.717) is 0 Å². The second-order valence-corrected chi connectivity index (χ2v) is 0. The first kappa shape index (κ1) is 399. The van der Waals surface area contributed by atoms with Crippen molar-refractivity contribution in [2.75, 3.05) is 0 Å². The molecular formula is CO2P. The van der Waals surface area contributed by atoms with Gasteiger partial charge in [-0.25, -0.2) is 0 Å². The molecule has 0 rings (SSSR count). The summed E-state index contributed by atoms with van der Waals surface area (Å²) in [5.41, 5.74) is 0. The van der Waals surface area contributed by atoms with Crippen molar-refractivity contribution in [2.24, 2.45) is 0 Å². The molecule has 0 atom stereocenters. The van der Waals surface area contributed by atoms with E-state index in [1.807, 2.05) is 0 Å². The van der Waals surface area contributed by atoms with E-state index < -0.39 is 0 Å². The van der Waals surface area contributed by atoms with Crippen LogP contribution < -0.4 is 0 Å². The lowest BCUT2D eigenvalue weighted by molar-refractivity contribution is 0.686. The maximum absolute atomic E-state index is 0. The van der Waals surface area contributed by atoms with Crippen LogP contribution in [-0.2, 0) is 11.0 Å². The Labute approximate surface area is 29.5 Å². The van der Waals surface area contributed by atoms with Gasteiger partial charge in [0.2, 0.25) is 0 Å². The fourth-order valence-corrected chi connectivity index (χ4v) is 0. The molecule has 0 unspecified atom stereocenters. The molecule has 21 valence electrons. The van der Waals surface area contributed by atoms with Gasteiger partial charge in [0.15, 0.2) is 0 Å². The summed E-state index contributed by atoms with van der Waals surface area (Å²) < 4.78 is 0. The second-order valence-electron chi connectivity index (χ2n) is 0. The lowest BCUT2D eigenvalue weighted by Crippen LogP contribution is -0.120. The van der Waals surface area contributed by atoms with Crippen LogP contribution in [0.4, 0.5) is 0 Å². The molecule has 0 amide bonds. The summed E-state index contributed by atoms with van der Waals surface area (Å²) in [4.78, 5) is 0. The zero-order valence-corrected chi connectivity index (χ0v) is 2.66. The molecule has 0 fully saturated rings. The van der Waals surface area contributed by atoms with Gasteiger partial charge in [-0.3, -0.25) is 0 Å². The molecular weight excluding hydrogens is 75.0 g/mol. The Morgan fingerprint density at radius 2 is 0.750 bits per heavy atom. The highest BCUT2D eigenvalue weighted by Gasteiger charge is 0.00300. The summed E-state index contributed by atoms with van der Waals surface area (Å²) in [6, 6.07) is 0. The van der Waals surface area contributed by atoms with Gasteiger partial charge < -0.3 is 0 Å². The van der Waals surface area contributed by atoms with Crippen LogP contribution in [0.15, 0.2) is 0 Å². The molecule has 2 nitrogen and oxygen atoms in total. The highest BCUT2D eigenvalue weighted by atomic mass is 31.0. The van der Waals surface area contributed by atoms with Crippen molar-refractivity contribution in [2.45, 2.75) is 0 Å². The smallest absolute Gasteiger partial charge is 0 e. The normalized spacial score (nSPS) is 0. The van der Waals surface area contributed by atoms with E-state index in [0.717, 1.165) is 0 Å². The van der Waals surface area contributed by atoms with E-state index in [1.54, 1.807) is 0 Å². The predicted molar refractivity (Wildman–Crippen MR) is 11.5 cm³/mol. The van der Waals surface area contributed by atoms with Gasteiger partial charge in [-0.1, -0.05) is 0 Å². The monoisotopic (exact) mass is 75.0 g/mol. The molecule has 0 aliphatic rings. The molecule has 0 aromatic carbocycles. The minimum Gasteiger partial charge on any atom is 0 e. The average Bonchev–Trinajstić information content (AvgIpc) is 0. The van der Waals surface area contributed by atoms with Crippen LogP contribution in [0.2, 0.25) is 0 Å². The molecule has 0 bridgehead atoms. The minimum atomic E-state index is 0. The zero-order valence-electron chi connectivity index (χ0n) is 1.76. The van der Waals surface area contributed by atoms with Gasteiger partial charge in [0.25, 0.3) is 0 Å². The average molecular weight is 75.0 g/mol. The Morgan fingerprint density at radius 3 is 0.750 bits per heavy atom. The minimum absolute atomic E-state index is 0. The van der Waals surface area contributed by atoms with Gasteiger partial charge in [0, 0.05) is 28.3 Å². The molecule has 0 aromatic rings. The topological polar surface area (TPSA) is 57.0 Å². The first-order valence-corrected chi connectivity index (χ1v) is 0. The van der Waals surface area contributed by atoms with Crippen LogP contribution in [0.3, 0.4) is 0 Å². The van der Waals surface area contributed by atoms with Crippen LogP contribution in [0, 0.1) is 7.43 Å². The van der Waals surface area contributed by atoms with Gasteiger partial charge in [-0.15, -0.1) is 0 Å². The van der Waals surface area contributed by atoms with E-state index in [4.69, 9.17) is 0 Å². The maximum atomic E-state index is 0. The number of rotatable bonds is 0. The SMILES string of the molecule is [C].[O].[O].[P]. The number of hydrogen-bond acceptors (Lipinski definition) is 0. The molecule has 0 aromatic heterocycles. The first-order valence-electron chi connectivity index (χ1n) is 0. The van der Waals surface area contributed by atoms with Crippen LogP contribution in [0.5, 0.6) is 0 Å². The molecule has 0 saturated heterocycles. The molecule has 0 N–H and O–H groups in total. The van der Waals surface area contributed by atoms with Gasteiger partial charge in [-0.2, -0.15) is 0 Å². The maximum Gasteiger partial charge on any atom is 0 e. The third-order valence-corrected chi connectivity index (χ3v) is 0. The van der Waals surface area contributed by atoms with Crippen molar-refractivity contribution in [1.29, 1.82) is 0 Å². The Kier molecular flexibility index (Phi) is 15000. The van der Waals surface area contributed by atoms with E-state index in [-0.39, 0.29) is 28.3 Å². The number of hydrogen-bond donors (Lipinski definition) is 0. The third-order valence-electron chi connectivity index (χ3n) is 0. The Balaban J connectivity index is 0. The van der Waals surface area contributed by atoms with Crippen molar-refractivity contribution in [3.63, 3.8) is 0 Å². The molecule has 3 heteroatoms. The summed E-state index contributed by atoms with van der Waals surface area (Å²) >= 11 is 0. The molecule has 4 heavy (non-hydrogen) atoms. The van der Waals surface area contributed by atoms with Crippen LogP contribution in [-0.4, -0.2) is 0 Å². The van der Waals surface area contributed by atoms with Gasteiger partial charge in [0.1, 0.15) is 0 Å². The standard InChI is InChI=1S/C.2O.P. The van der Waals surface area contributed by atoms with Crippen molar-refractivity contribution < 1.29 is 11.0 Å². The summed E-state index contributed by atoms with van der Waals surface area (Å²) in [5, 5.41) is 0. The first-order chi connectivity index (χ1) is 0. The summed E-state index contributed by atoms with van der Waals surface area (Å²) in [6.07, 6.45) is 0. The Morgan fingerprint density at radius 1 is 0.750 bits per heavy atom. The van der Waals surface area contributed by atoms with Crippen molar-refractivity contribution >= 4 is 9.90 Å². The van der Waals surface area contributed by atoms with Crippen molar-refractivity contribution in [3.8, 4) is 0 Å².